The molecule has 102 valence electrons. The van der Waals surface area contributed by atoms with Crippen molar-refractivity contribution in [2.75, 3.05) is 31.7 Å². The first-order valence-corrected chi connectivity index (χ1v) is 6.22. The number of nitrogens with zero attached hydrogens (tertiary/aromatic N) is 3. The Morgan fingerprint density at radius 2 is 2.37 bits per heavy atom. The number of likely N-dealkylation sites (N-methyl/N-ethyl adjacent to an activating group) is 1. The smallest absolute Gasteiger partial charge is 0.244 e. The number of rotatable bonds is 3. The molecule has 0 radical (unpaired) electrons. The van der Waals surface area contributed by atoms with Crippen molar-refractivity contribution in [2.24, 2.45) is 5.73 Å². The summed E-state index contributed by atoms with van der Waals surface area (Å²) in [6.45, 7) is 1.46. The first kappa shape index (κ1) is 13.6. The SMILES string of the molecule is CNC(=O)C1COCCN1c1cnc(C(N)=S)cn1. The van der Waals surface area contributed by atoms with E-state index in [9.17, 15) is 4.79 Å². The zero-order valence-corrected chi connectivity index (χ0v) is 11.3. The molecule has 7 nitrogen and oxygen atoms in total. The molecule has 1 aromatic heterocycles. The van der Waals surface area contributed by atoms with E-state index in [1.807, 2.05) is 4.90 Å². The van der Waals surface area contributed by atoms with E-state index in [1.54, 1.807) is 13.2 Å². The molecule has 0 spiro atoms. The van der Waals surface area contributed by atoms with E-state index in [-0.39, 0.29) is 10.9 Å². The number of hydrogen-bond acceptors (Lipinski definition) is 6. The highest BCUT2D eigenvalue weighted by molar-refractivity contribution is 7.80. The van der Waals surface area contributed by atoms with Crippen LogP contribution >= 0.6 is 12.2 Å². The van der Waals surface area contributed by atoms with Crippen LogP contribution in [0.4, 0.5) is 5.82 Å². The van der Waals surface area contributed by atoms with Crippen LogP contribution in [0.15, 0.2) is 12.4 Å². The van der Waals surface area contributed by atoms with Gasteiger partial charge < -0.3 is 20.7 Å². The average Bonchev–Trinajstić information content (AvgIpc) is 2.46. The molecule has 3 N–H and O–H groups in total. The number of carbonyl (C=O) groups excluding carboxylic acids is 1. The summed E-state index contributed by atoms with van der Waals surface area (Å²) >= 11 is 4.82. The van der Waals surface area contributed by atoms with Crippen LogP contribution in [0.2, 0.25) is 0 Å². The van der Waals surface area contributed by atoms with Crippen molar-refractivity contribution >= 4 is 28.9 Å². The molecule has 0 aromatic carbocycles. The molecule has 1 unspecified atom stereocenters. The summed E-state index contributed by atoms with van der Waals surface area (Å²) in [4.78, 5) is 22.2. The Kier molecular flexibility index (Phi) is 4.23. The molecule has 1 saturated heterocycles. The third-order valence-corrected chi connectivity index (χ3v) is 3.07. The molecule has 1 atom stereocenters. The van der Waals surface area contributed by atoms with Gasteiger partial charge in [0.15, 0.2) is 0 Å². The lowest BCUT2D eigenvalue weighted by atomic mass is 10.2. The molecule has 1 aliphatic heterocycles. The Bertz CT molecular complexity index is 478. The maximum atomic E-state index is 11.8. The van der Waals surface area contributed by atoms with E-state index in [0.717, 1.165) is 0 Å². The second-order valence-electron chi connectivity index (χ2n) is 4.02. The number of carbonyl (C=O) groups is 1. The van der Waals surface area contributed by atoms with Crippen molar-refractivity contribution < 1.29 is 9.53 Å². The molecule has 2 rings (SSSR count). The fourth-order valence-electron chi connectivity index (χ4n) is 1.86. The molecule has 0 bridgehead atoms. The van der Waals surface area contributed by atoms with Gasteiger partial charge >= 0.3 is 0 Å². The highest BCUT2D eigenvalue weighted by Gasteiger charge is 2.29. The summed E-state index contributed by atoms with van der Waals surface area (Å²) in [6, 6.07) is -0.399. The summed E-state index contributed by atoms with van der Waals surface area (Å²) in [5, 5.41) is 2.61. The summed E-state index contributed by atoms with van der Waals surface area (Å²) in [6.07, 6.45) is 3.07. The Hall–Kier alpha value is -1.80. The van der Waals surface area contributed by atoms with Crippen molar-refractivity contribution in [2.45, 2.75) is 6.04 Å². The molecular weight excluding hydrogens is 266 g/mol. The topological polar surface area (TPSA) is 93.4 Å². The predicted octanol–water partition coefficient (Wildman–Crippen LogP) is -0.938. The summed E-state index contributed by atoms with van der Waals surface area (Å²) in [5.41, 5.74) is 5.93. The third-order valence-electron chi connectivity index (χ3n) is 2.86. The van der Waals surface area contributed by atoms with Gasteiger partial charge in [-0.15, -0.1) is 0 Å². The molecular formula is C11H15N5O2S. The number of nitrogens with two attached hydrogens (primary N) is 1. The van der Waals surface area contributed by atoms with Gasteiger partial charge in [0.25, 0.3) is 0 Å². The number of thiocarbonyl (C=S) groups is 1. The lowest BCUT2D eigenvalue weighted by Gasteiger charge is -2.34. The fraction of sp³-hybridized carbons (Fsp3) is 0.455. The zero-order chi connectivity index (χ0) is 13.8. The standard InChI is InChI=1S/C11H15N5O2S/c1-13-11(17)8-6-18-3-2-16(8)9-5-14-7(4-15-9)10(12)19/h4-5,8H,2-3,6H2,1H3,(H2,12,19)(H,13,17). The normalized spacial score (nSPS) is 19.0. The third kappa shape index (κ3) is 2.96. The largest absolute Gasteiger partial charge is 0.388 e. The Morgan fingerprint density at radius 3 is 2.95 bits per heavy atom. The first-order chi connectivity index (χ1) is 9.13. The van der Waals surface area contributed by atoms with Crippen LogP contribution in [0.5, 0.6) is 0 Å². The van der Waals surface area contributed by atoms with Crippen LogP contribution in [0.1, 0.15) is 5.69 Å². The van der Waals surface area contributed by atoms with E-state index >= 15 is 0 Å². The number of ether oxygens (including phenoxy) is 1. The van der Waals surface area contributed by atoms with Crippen LogP contribution < -0.4 is 16.0 Å². The summed E-state index contributed by atoms with van der Waals surface area (Å²) in [5.74, 6) is 0.497. The lowest BCUT2D eigenvalue weighted by Crippen LogP contribution is -2.53. The predicted molar refractivity (Wildman–Crippen MR) is 73.9 cm³/mol. The monoisotopic (exact) mass is 281 g/mol. The zero-order valence-electron chi connectivity index (χ0n) is 10.5. The molecule has 19 heavy (non-hydrogen) atoms. The number of morpholine rings is 1. The van der Waals surface area contributed by atoms with Crippen molar-refractivity contribution in [1.82, 2.24) is 15.3 Å². The van der Waals surface area contributed by atoms with Gasteiger partial charge in [-0.3, -0.25) is 4.79 Å². The second-order valence-corrected chi connectivity index (χ2v) is 4.46. The first-order valence-electron chi connectivity index (χ1n) is 5.81. The van der Waals surface area contributed by atoms with Gasteiger partial charge in [0.1, 0.15) is 22.5 Å². The van der Waals surface area contributed by atoms with Gasteiger partial charge in [0.2, 0.25) is 5.91 Å². The minimum Gasteiger partial charge on any atom is -0.388 e. The van der Waals surface area contributed by atoms with E-state index in [2.05, 4.69) is 15.3 Å². The van der Waals surface area contributed by atoms with Crippen molar-refractivity contribution in [3.63, 3.8) is 0 Å². The number of amides is 1. The van der Waals surface area contributed by atoms with Crippen LogP contribution in [0.3, 0.4) is 0 Å². The maximum absolute atomic E-state index is 11.8. The second kappa shape index (κ2) is 5.89. The maximum Gasteiger partial charge on any atom is 0.244 e. The number of nitrogens with one attached hydrogen (secondary N) is 1. The van der Waals surface area contributed by atoms with Crippen LogP contribution in [-0.2, 0) is 9.53 Å². The quantitative estimate of drug-likeness (QED) is 0.691. The minimum absolute atomic E-state index is 0.111. The van der Waals surface area contributed by atoms with Crippen LogP contribution in [0, 0.1) is 0 Å². The van der Waals surface area contributed by atoms with Crippen molar-refractivity contribution in [3.05, 3.63) is 18.1 Å². The molecule has 8 heteroatoms. The summed E-state index contributed by atoms with van der Waals surface area (Å²) in [7, 11) is 1.59. The number of aromatic nitrogens is 2. The van der Waals surface area contributed by atoms with Crippen LogP contribution in [-0.4, -0.2) is 53.7 Å². The molecule has 1 amide bonds. The van der Waals surface area contributed by atoms with E-state index in [1.165, 1.54) is 6.20 Å². The van der Waals surface area contributed by atoms with Crippen LogP contribution in [0.25, 0.3) is 0 Å². The van der Waals surface area contributed by atoms with E-state index in [4.69, 9.17) is 22.7 Å². The van der Waals surface area contributed by atoms with Gasteiger partial charge in [-0.05, 0) is 0 Å². The number of hydrogen-bond donors (Lipinski definition) is 2. The van der Waals surface area contributed by atoms with Gasteiger partial charge in [-0.25, -0.2) is 9.97 Å². The molecule has 2 heterocycles. The van der Waals surface area contributed by atoms with Gasteiger partial charge in [-0.1, -0.05) is 12.2 Å². The van der Waals surface area contributed by atoms with E-state index < -0.39 is 6.04 Å². The molecule has 0 saturated carbocycles. The Labute approximate surface area is 116 Å². The molecule has 1 fully saturated rings. The van der Waals surface area contributed by atoms with Gasteiger partial charge in [0.05, 0.1) is 25.6 Å². The molecule has 1 aliphatic rings. The molecule has 1 aromatic rings. The fourth-order valence-corrected chi connectivity index (χ4v) is 1.96. The van der Waals surface area contributed by atoms with Crippen molar-refractivity contribution in [1.29, 1.82) is 0 Å². The van der Waals surface area contributed by atoms with Gasteiger partial charge in [0, 0.05) is 13.6 Å². The molecule has 0 aliphatic carbocycles. The Balaban J connectivity index is 2.22. The number of anilines is 1. The summed E-state index contributed by atoms with van der Waals surface area (Å²) < 4.78 is 5.33. The average molecular weight is 281 g/mol. The highest BCUT2D eigenvalue weighted by atomic mass is 32.1. The Morgan fingerprint density at radius 1 is 1.58 bits per heavy atom. The lowest BCUT2D eigenvalue weighted by molar-refractivity contribution is -0.124. The highest BCUT2D eigenvalue weighted by Crippen LogP contribution is 2.16. The van der Waals surface area contributed by atoms with Crippen molar-refractivity contribution in [3.8, 4) is 0 Å². The van der Waals surface area contributed by atoms with E-state index in [0.29, 0.717) is 31.3 Å². The minimum atomic E-state index is -0.399. The van der Waals surface area contributed by atoms with Gasteiger partial charge in [-0.2, -0.15) is 0 Å².